The number of sulfonamides is 1. The van der Waals surface area contributed by atoms with Crippen molar-refractivity contribution in [1.82, 2.24) is 14.1 Å². The van der Waals surface area contributed by atoms with E-state index in [0.29, 0.717) is 17.1 Å². The number of hydrogen-bond donors (Lipinski definition) is 0. The second kappa shape index (κ2) is 4.42. The number of hydrogen-bond acceptors (Lipinski definition) is 3. The lowest BCUT2D eigenvalue weighted by Crippen LogP contribution is -2.42. The molecule has 0 bridgehead atoms. The minimum atomic E-state index is -3.37. The van der Waals surface area contributed by atoms with Crippen molar-refractivity contribution >= 4 is 10.0 Å². The molecule has 1 aliphatic heterocycles. The molecule has 2 rings (SSSR count). The van der Waals surface area contributed by atoms with Gasteiger partial charge in [0.2, 0.25) is 10.0 Å². The van der Waals surface area contributed by atoms with Crippen molar-refractivity contribution in [2.75, 3.05) is 6.54 Å². The van der Waals surface area contributed by atoms with E-state index in [0.717, 1.165) is 19.3 Å². The maximum atomic E-state index is 12.5. The monoisotopic (exact) mass is 257 g/mol. The van der Waals surface area contributed by atoms with Crippen LogP contribution in [0.5, 0.6) is 0 Å². The molecule has 0 saturated carbocycles. The van der Waals surface area contributed by atoms with Crippen molar-refractivity contribution in [3.05, 3.63) is 11.9 Å². The molecule has 5 nitrogen and oxygen atoms in total. The molecular formula is C11H19N3O2S. The first-order valence-electron chi connectivity index (χ1n) is 5.95. The predicted molar refractivity (Wildman–Crippen MR) is 65.1 cm³/mol. The number of piperidine rings is 1. The zero-order valence-corrected chi connectivity index (χ0v) is 11.4. The smallest absolute Gasteiger partial charge is 0.246 e. The lowest BCUT2D eigenvalue weighted by Gasteiger charge is -2.31. The van der Waals surface area contributed by atoms with Gasteiger partial charge in [-0.3, -0.25) is 4.68 Å². The Labute approximate surface area is 102 Å². The highest BCUT2D eigenvalue weighted by molar-refractivity contribution is 7.89. The average molecular weight is 257 g/mol. The SMILES string of the molecule is Cc1nn(C)cc1S(=O)(=O)N1CCCC[C@H]1C. The Morgan fingerprint density at radius 2 is 2.12 bits per heavy atom. The molecular weight excluding hydrogens is 238 g/mol. The van der Waals surface area contributed by atoms with E-state index >= 15 is 0 Å². The molecule has 96 valence electrons. The van der Waals surface area contributed by atoms with Crippen LogP contribution in [0.2, 0.25) is 0 Å². The number of aromatic nitrogens is 2. The number of rotatable bonds is 2. The van der Waals surface area contributed by atoms with E-state index < -0.39 is 10.0 Å². The van der Waals surface area contributed by atoms with Crippen LogP contribution in [0.15, 0.2) is 11.1 Å². The van der Waals surface area contributed by atoms with E-state index in [9.17, 15) is 8.42 Å². The van der Waals surface area contributed by atoms with Gasteiger partial charge in [0.05, 0.1) is 5.69 Å². The molecule has 17 heavy (non-hydrogen) atoms. The molecule has 1 aliphatic rings. The number of nitrogens with zero attached hydrogens (tertiary/aromatic N) is 3. The molecule has 1 atom stereocenters. The first-order chi connectivity index (χ1) is 7.93. The lowest BCUT2D eigenvalue weighted by molar-refractivity contribution is 0.268. The summed E-state index contributed by atoms with van der Waals surface area (Å²) >= 11 is 0. The zero-order valence-electron chi connectivity index (χ0n) is 10.5. The van der Waals surface area contributed by atoms with E-state index in [2.05, 4.69) is 5.10 Å². The van der Waals surface area contributed by atoms with E-state index in [1.165, 1.54) is 0 Å². The summed E-state index contributed by atoms with van der Waals surface area (Å²) in [5, 5.41) is 4.11. The van der Waals surface area contributed by atoms with Crippen LogP contribution in [-0.2, 0) is 17.1 Å². The van der Waals surface area contributed by atoms with E-state index in [4.69, 9.17) is 0 Å². The Hall–Kier alpha value is -0.880. The standard InChI is InChI=1S/C11H19N3O2S/c1-9-6-4-5-7-14(9)17(15,16)11-8-13(3)12-10(11)2/h8-9H,4-7H2,1-3H3/t9-/m1/s1. The van der Waals surface area contributed by atoms with Gasteiger partial charge in [-0.1, -0.05) is 6.42 Å². The maximum absolute atomic E-state index is 12.5. The summed E-state index contributed by atoms with van der Waals surface area (Å²) in [6, 6.07) is 0.0911. The fraction of sp³-hybridized carbons (Fsp3) is 0.727. The van der Waals surface area contributed by atoms with Gasteiger partial charge in [0.25, 0.3) is 0 Å². The third-order valence-corrected chi connectivity index (χ3v) is 5.41. The van der Waals surface area contributed by atoms with Crippen molar-refractivity contribution in [1.29, 1.82) is 0 Å². The minimum Gasteiger partial charge on any atom is -0.274 e. The molecule has 0 radical (unpaired) electrons. The van der Waals surface area contributed by atoms with Crippen LogP contribution in [0.1, 0.15) is 31.9 Å². The molecule has 1 aromatic rings. The van der Waals surface area contributed by atoms with Crippen molar-refractivity contribution in [2.24, 2.45) is 7.05 Å². The van der Waals surface area contributed by atoms with Gasteiger partial charge in [0.15, 0.2) is 0 Å². The highest BCUT2D eigenvalue weighted by atomic mass is 32.2. The molecule has 6 heteroatoms. The molecule has 1 saturated heterocycles. The molecule has 0 spiro atoms. The van der Waals surface area contributed by atoms with Gasteiger partial charge in [-0.25, -0.2) is 8.42 Å². The molecule has 0 aromatic carbocycles. The van der Waals surface area contributed by atoms with Crippen LogP contribution in [0.4, 0.5) is 0 Å². The quantitative estimate of drug-likeness (QED) is 0.802. The first-order valence-corrected chi connectivity index (χ1v) is 7.39. The minimum absolute atomic E-state index is 0.0911. The third kappa shape index (κ3) is 2.24. The van der Waals surface area contributed by atoms with Gasteiger partial charge < -0.3 is 0 Å². The predicted octanol–water partition coefficient (Wildman–Crippen LogP) is 1.29. The summed E-state index contributed by atoms with van der Waals surface area (Å²) in [4.78, 5) is 0.341. The van der Waals surface area contributed by atoms with Crippen LogP contribution in [0, 0.1) is 6.92 Å². The van der Waals surface area contributed by atoms with E-state index in [1.54, 1.807) is 29.2 Å². The van der Waals surface area contributed by atoms with Gasteiger partial charge in [-0.05, 0) is 26.7 Å². The third-order valence-electron chi connectivity index (χ3n) is 3.30. The van der Waals surface area contributed by atoms with E-state index in [-0.39, 0.29) is 6.04 Å². The Bertz CT molecular complexity index is 507. The Balaban J connectivity index is 2.39. The largest absolute Gasteiger partial charge is 0.274 e. The molecule has 0 aliphatic carbocycles. The maximum Gasteiger partial charge on any atom is 0.246 e. The average Bonchev–Trinajstić information content (AvgIpc) is 2.59. The van der Waals surface area contributed by atoms with Gasteiger partial charge in [-0.2, -0.15) is 9.40 Å². The van der Waals surface area contributed by atoms with Crippen molar-refractivity contribution in [3.8, 4) is 0 Å². The van der Waals surface area contributed by atoms with Crippen LogP contribution in [0.3, 0.4) is 0 Å². The van der Waals surface area contributed by atoms with Gasteiger partial charge in [-0.15, -0.1) is 0 Å². The molecule has 0 N–H and O–H groups in total. The highest BCUT2D eigenvalue weighted by Gasteiger charge is 2.32. The van der Waals surface area contributed by atoms with Gasteiger partial charge in [0, 0.05) is 25.8 Å². The second-order valence-electron chi connectivity index (χ2n) is 4.71. The Morgan fingerprint density at radius 3 is 2.65 bits per heavy atom. The normalized spacial score (nSPS) is 22.9. The second-order valence-corrected chi connectivity index (χ2v) is 6.57. The summed E-state index contributed by atoms with van der Waals surface area (Å²) in [7, 11) is -1.63. The van der Waals surface area contributed by atoms with Crippen LogP contribution < -0.4 is 0 Å². The molecule has 1 fully saturated rings. The lowest BCUT2D eigenvalue weighted by atomic mass is 10.1. The summed E-state index contributed by atoms with van der Waals surface area (Å²) in [5.74, 6) is 0. The molecule has 2 heterocycles. The fourth-order valence-electron chi connectivity index (χ4n) is 2.39. The van der Waals surface area contributed by atoms with Gasteiger partial charge >= 0.3 is 0 Å². The Kier molecular flexibility index (Phi) is 3.27. The van der Waals surface area contributed by atoms with Gasteiger partial charge in [0.1, 0.15) is 4.90 Å². The highest BCUT2D eigenvalue weighted by Crippen LogP contribution is 2.26. The molecule has 0 amide bonds. The molecule has 1 aromatic heterocycles. The van der Waals surface area contributed by atoms with E-state index in [1.807, 2.05) is 6.92 Å². The summed E-state index contributed by atoms with van der Waals surface area (Å²) < 4.78 is 28.2. The Morgan fingerprint density at radius 1 is 1.41 bits per heavy atom. The molecule has 0 unspecified atom stereocenters. The zero-order chi connectivity index (χ0) is 12.6. The fourth-order valence-corrected chi connectivity index (χ4v) is 4.29. The van der Waals surface area contributed by atoms with Crippen molar-refractivity contribution in [2.45, 2.75) is 44.0 Å². The summed E-state index contributed by atoms with van der Waals surface area (Å²) in [5.41, 5.74) is 0.574. The van der Waals surface area contributed by atoms with Crippen LogP contribution in [-0.4, -0.2) is 35.1 Å². The van der Waals surface area contributed by atoms with Crippen molar-refractivity contribution in [3.63, 3.8) is 0 Å². The summed E-state index contributed by atoms with van der Waals surface area (Å²) in [6.45, 7) is 4.34. The first kappa shape index (κ1) is 12.6. The number of aryl methyl sites for hydroxylation is 2. The van der Waals surface area contributed by atoms with Crippen LogP contribution in [0.25, 0.3) is 0 Å². The summed E-state index contributed by atoms with van der Waals surface area (Å²) in [6.07, 6.45) is 4.59. The van der Waals surface area contributed by atoms with Crippen LogP contribution >= 0.6 is 0 Å². The van der Waals surface area contributed by atoms with Crippen molar-refractivity contribution < 1.29 is 8.42 Å². The topological polar surface area (TPSA) is 55.2 Å².